The minimum absolute atomic E-state index is 0.431. The first kappa shape index (κ1) is 17.7. The van der Waals surface area contributed by atoms with Crippen molar-refractivity contribution in [2.24, 2.45) is 5.10 Å². The zero-order chi connectivity index (χ0) is 19.7. The molecule has 3 aromatic carbocycles. The first-order valence-electron chi connectivity index (χ1n) is 8.86. The third-order valence-electron chi connectivity index (χ3n) is 4.97. The molecule has 1 N–H and O–H groups in total. The van der Waals surface area contributed by atoms with Gasteiger partial charge >= 0.3 is 6.03 Å². The summed E-state index contributed by atoms with van der Waals surface area (Å²) < 4.78 is 5.15. The van der Waals surface area contributed by atoms with Gasteiger partial charge in [0.2, 0.25) is 0 Å². The molecule has 28 heavy (non-hydrogen) atoms. The van der Waals surface area contributed by atoms with Crippen molar-refractivity contribution in [1.29, 1.82) is 0 Å². The van der Waals surface area contributed by atoms with E-state index in [-0.39, 0.29) is 0 Å². The van der Waals surface area contributed by atoms with E-state index in [1.165, 1.54) is 0 Å². The number of carbonyl (C=O) groups is 2. The van der Waals surface area contributed by atoms with Crippen LogP contribution in [0.15, 0.2) is 71.8 Å². The second-order valence-electron chi connectivity index (χ2n) is 6.71. The Morgan fingerprint density at radius 2 is 1.71 bits per heavy atom. The van der Waals surface area contributed by atoms with E-state index in [0.717, 1.165) is 21.3 Å². The van der Waals surface area contributed by atoms with Gasteiger partial charge in [0.05, 0.1) is 13.3 Å². The highest BCUT2D eigenvalue weighted by Crippen LogP contribution is 2.30. The van der Waals surface area contributed by atoms with E-state index in [0.29, 0.717) is 11.3 Å². The molecule has 4 rings (SSSR count). The highest BCUT2D eigenvalue weighted by molar-refractivity contribution is 6.08. The minimum Gasteiger partial charge on any atom is -0.497 e. The third kappa shape index (κ3) is 2.89. The highest BCUT2D eigenvalue weighted by Gasteiger charge is 2.49. The van der Waals surface area contributed by atoms with Crippen LogP contribution < -0.4 is 10.1 Å². The van der Waals surface area contributed by atoms with Gasteiger partial charge in [0.25, 0.3) is 5.91 Å². The smallest absolute Gasteiger partial charge is 0.346 e. The Kier molecular flexibility index (Phi) is 4.31. The molecule has 1 fully saturated rings. The quantitative estimate of drug-likeness (QED) is 0.561. The summed E-state index contributed by atoms with van der Waals surface area (Å²) in [6.07, 6.45) is 1.54. The molecule has 1 aliphatic rings. The van der Waals surface area contributed by atoms with Crippen molar-refractivity contribution in [2.45, 2.75) is 12.5 Å². The number of nitrogens with zero attached hydrogens (tertiary/aromatic N) is 2. The Bertz CT molecular complexity index is 1090. The van der Waals surface area contributed by atoms with Crippen molar-refractivity contribution in [3.63, 3.8) is 0 Å². The normalized spacial score (nSPS) is 19.4. The number of hydrogen-bond acceptors (Lipinski definition) is 4. The molecule has 3 aromatic rings. The lowest BCUT2D eigenvalue weighted by Gasteiger charge is -2.21. The van der Waals surface area contributed by atoms with Crippen LogP contribution in [0.1, 0.15) is 18.1 Å². The topological polar surface area (TPSA) is 71.0 Å². The predicted molar refractivity (Wildman–Crippen MR) is 107 cm³/mol. The molecule has 0 bridgehead atoms. The minimum atomic E-state index is -1.18. The summed E-state index contributed by atoms with van der Waals surface area (Å²) in [5.41, 5.74) is 0.311. The fourth-order valence-electron chi connectivity index (χ4n) is 3.33. The number of rotatable bonds is 4. The van der Waals surface area contributed by atoms with Crippen LogP contribution in [-0.2, 0) is 10.3 Å². The number of methoxy groups -OCH3 is 1. The summed E-state index contributed by atoms with van der Waals surface area (Å²) >= 11 is 0. The SMILES string of the molecule is COc1ccc(C2(C)NC(=O)N(/N=C/c3cccc4ccccc34)C2=O)cc1. The second kappa shape index (κ2) is 6.81. The molecular weight excluding hydrogens is 354 g/mol. The van der Waals surface area contributed by atoms with Gasteiger partial charge in [-0.25, -0.2) is 4.79 Å². The standard InChI is InChI=1S/C22H19N3O3/c1-22(17-10-12-18(28-2)13-11-17)20(26)25(21(27)24-22)23-14-16-8-5-7-15-6-3-4-9-19(15)16/h3-14H,1-2H3,(H,24,27)/b23-14+. The zero-order valence-corrected chi connectivity index (χ0v) is 15.5. The van der Waals surface area contributed by atoms with E-state index in [9.17, 15) is 9.59 Å². The molecule has 0 radical (unpaired) electrons. The second-order valence-corrected chi connectivity index (χ2v) is 6.71. The highest BCUT2D eigenvalue weighted by atomic mass is 16.5. The molecule has 6 nitrogen and oxygen atoms in total. The number of fused-ring (bicyclic) bond motifs is 1. The Morgan fingerprint density at radius 1 is 1.00 bits per heavy atom. The van der Waals surface area contributed by atoms with Gasteiger partial charge in [0.15, 0.2) is 0 Å². The molecular formula is C22H19N3O3. The number of hydrazone groups is 1. The number of amides is 3. The molecule has 1 aliphatic heterocycles. The molecule has 1 heterocycles. The zero-order valence-electron chi connectivity index (χ0n) is 15.5. The number of nitrogens with one attached hydrogen (secondary N) is 1. The molecule has 0 aromatic heterocycles. The predicted octanol–water partition coefficient (Wildman–Crippen LogP) is 3.65. The van der Waals surface area contributed by atoms with Gasteiger partial charge in [-0.3, -0.25) is 4.79 Å². The van der Waals surface area contributed by atoms with E-state index in [2.05, 4.69) is 10.4 Å². The Hall–Kier alpha value is -3.67. The van der Waals surface area contributed by atoms with E-state index in [1.54, 1.807) is 44.5 Å². The lowest BCUT2D eigenvalue weighted by Crippen LogP contribution is -2.40. The third-order valence-corrected chi connectivity index (χ3v) is 4.97. The van der Waals surface area contributed by atoms with Crippen molar-refractivity contribution in [2.75, 3.05) is 7.11 Å². The average molecular weight is 373 g/mol. The summed E-state index contributed by atoms with van der Waals surface area (Å²) in [5, 5.41) is 9.86. The van der Waals surface area contributed by atoms with E-state index in [4.69, 9.17) is 4.74 Å². The monoisotopic (exact) mass is 373 g/mol. The largest absolute Gasteiger partial charge is 0.497 e. The first-order chi connectivity index (χ1) is 13.5. The maximum atomic E-state index is 13.0. The molecule has 1 atom stereocenters. The van der Waals surface area contributed by atoms with Crippen molar-refractivity contribution >= 4 is 28.9 Å². The van der Waals surface area contributed by atoms with Gasteiger partial charge in [-0.05, 0) is 35.4 Å². The van der Waals surface area contributed by atoms with Crippen LogP contribution in [0.3, 0.4) is 0 Å². The summed E-state index contributed by atoms with van der Waals surface area (Å²) in [6, 6.07) is 20.2. The summed E-state index contributed by atoms with van der Waals surface area (Å²) in [7, 11) is 1.57. The molecule has 1 unspecified atom stereocenters. The van der Waals surface area contributed by atoms with E-state index in [1.807, 2.05) is 42.5 Å². The number of hydrogen-bond donors (Lipinski definition) is 1. The Balaban J connectivity index is 1.64. The lowest BCUT2D eigenvalue weighted by atomic mass is 9.92. The van der Waals surface area contributed by atoms with Gasteiger partial charge in [-0.2, -0.15) is 5.10 Å². The fraction of sp³-hybridized carbons (Fsp3) is 0.136. The number of imide groups is 1. The molecule has 0 aliphatic carbocycles. The molecule has 0 spiro atoms. The van der Waals surface area contributed by atoms with Gasteiger partial charge in [-0.1, -0.05) is 54.6 Å². The van der Waals surface area contributed by atoms with E-state index < -0.39 is 17.5 Å². The van der Waals surface area contributed by atoms with Crippen molar-refractivity contribution in [3.8, 4) is 5.75 Å². The number of ether oxygens (including phenoxy) is 1. The van der Waals surface area contributed by atoms with Crippen LogP contribution in [-0.4, -0.2) is 30.3 Å². The number of urea groups is 1. The van der Waals surface area contributed by atoms with E-state index >= 15 is 0 Å². The van der Waals surface area contributed by atoms with Crippen molar-refractivity contribution in [1.82, 2.24) is 10.3 Å². The molecule has 140 valence electrons. The van der Waals surface area contributed by atoms with Crippen LogP contribution in [0, 0.1) is 0 Å². The number of carbonyl (C=O) groups excluding carboxylic acids is 2. The lowest BCUT2D eigenvalue weighted by molar-refractivity contribution is -0.131. The van der Waals surface area contributed by atoms with Crippen LogP contribution in [0.4, 0.5) is 4.79 Å². The summed E-state index contributed by atoms with van der Waals surface area (Å²) in [4.78, 5) is 25.4. The Morgan fingerprint density at radius 3 is 2.46 bits per heavy atom. The Labute approximate surface area is 162 Å². The molecule has 6 heteroatoms. The van der Waals surface area contributed by atoms with Gasteiger partial charge in [-0.15, -0.1) is 5.01 Å². The fourth-order valence-corrected chi connectivity index (χ4v) is 3.33. The molecule has 0 saturated carbocycles. The maximum absolute atomic E-state index is 13.0. The molecule has 3 amide bonds. The molecule has 1 saturated heterocycles. The average Bonchev–Trinajstić information content (AvgIpc) is 2.95. The maximum Gasteiger partial charge on any atom is 0.346 e. The van der Waals surface area contributed by atoms with Gasteiger partial charge in [0, 0.05) is 5.56 Å². The summed E-state index contributed by atoms with van der Waals surface area (Å²) in [5.74, 6) is 0.245. The van der Waals surface area contributed by atoms with Crippen LogP contribution in [0.2, 0.25) is 0 Å². The summed E-state index contributed by atoms with van der Waals surface area (Å²) in [6.45, 7) is 1.67. The van der Waals surface area contributed by atoms with Crippen molar-refractivity contribution in [3.05, 3.63) is 77.9 Å². The number of benzene rings is 3. The van der Waals surface area contributed by atoms with Crippen LogP contribution in [0.5, 0.6) is 5.75 Å². The first-order valence-corrected chi connectivity index (χ1v) is 8.86. The van der Waals surface area contributed by atoms with Crippen LogP contribution >= 0.6 is 0 Å². The van der Waals surface area contributed by atoms with Crippen LogP contribution in [0.25, 0.3) is 10.8 Å². The van der Waals surface area contributed by atoms with Gasteiger partial charge in [0.1, 0.15) is 11.3 Å². The van der Waals surface area contributed by atoms with Gasteiger partial charge < -0.3 is 10.1 Å². The van der Waals surface area contributed by atoms with Crippen molar-refractivity contribution < 1.29 is 14.3 Å².